The van der Waals surface area contributed by atoms with Crippen LogP contribution in [-0.2, 0) is 23.9 Å². The van der Waals surface area contributed by atoms with Gasteiger partial charge in [-0.25, -0.2) is 0 Å². The minimum absolute atomic E-state index is 0.00195. The predicted molar refractivity (Wildman–Crippen MR) is 130 cm³/mol. The number of hydrogen-bond acceptors (Lipinski definition) is 11. The zero-order valence-corrected chi connectivity index (χ0v) is 20.3. The van der Waals surface area contributed by atoms with Crippen LogP contribution >= 0.6 is 11.6 Å². The van der Waals surface area contributed by atoms with Crippen LogP contribution in [0.2, 0.25) is 0 Å². The summed E-state index contributed by atoms with van der Waals surface area (Å²) in [4.78, 5) is 61.4. The second-order valence-corrected chi connectivity index (χ2v) is 7.73. The second kappa shape index (κ2) is 12.8. The highest BCUT2D eigenvalue weighted by atomic mass is 35.5. The van der Waals surface area contributed by atoms with Crippen LogP contribution in [0.1, 0.15) is 31.8 Å². The standard InChI is InChI=1S/C24H24ClN3O9/c25-10-18(29)28-13-8-15-22(17(9-13)35-5-7-37-20(31)12-27)24(33)21-14(23(15)32)2-1-3-16(21)34-4-6-36-19(30)11-26/h1-3,8-9H,4-7,10-12,26-27H2,(H,28,29). The Hall–Kier alpha value is -4.00. The van der Waals surface area contributed by atoms with Crippen molar-refractivity contribution in [2.24, 2.45) is 11.5 Å². The third kappa shape index (κ3) is 6.61. The Labute approximate surface area is 216 Å². The summed E-state index contributed by atoms with van der Waals surface area (Å²) < 4.78 is 21.1. The molecule has 1 aliphatic rings. The third-order valence-electron chi connectivity index (χ3n) is 5.02. The Kier molecular flexibility index (Phi) is 9.55. The number of halogens is 1. The Bertz CT molecular complexity index is 1230. The van der Waals surface area contributed by atoms with E-state index in [9.17, 15) is 24.0 Å². The van der Waals surface area contributed by atoms with Gasteiger partial charge in [-0.2, -0.15) is 0 Å². The van der Waals surface area contributed by atoms with E-state index in [4.69, 9.17) is 42.0 Å². The molecule has 0 fully saturated rings. The fraction of sp³-hybridized carbons (Fsp3) is 0.292. The van der Waals surface area contributed by atoms with Gasteiger partial charge >= 0.3 is 11.9 Å². The monoisotopic (exact) mass is 533 g/mol. The van der Waals surface area contributed by atoms with E-state index in [1.165, 1.54) is 24.3 Å². The number of esters is 2. The van der Waals surface area contributed by atoms with Gasteiger partial charge in [0.15, 0.2) is 5.78 Å². The molecule has 12 nitrogen and oxygen atoms in total. The second-order valence-electron chi connectivity index (χ2n) is 7.46. The van der Waals surface area contributed by atoms with E-state index in [0.717, 1.165) is 0 Å². The van der Waals surface area contributed by atoms with Crippen molar-refractivity contribution in [2.45, 2.75) is 0 Å². The van der Waals surface area contributed by atoms with Gasteiger partial charge in [0.1, 0.15) is 43.8 Å². The number of ether oxygens (including phenoxy) is 4. The number of benzene rings is 2. The lowest BCUT2D eigenvalue weighted by Gasteiger charge is -2.23. The molecule has 196 valence electrons. The molecule has 0 atom stereocenters. The number of ketones is 2. The van der Waals surface area contributed by atoms with Gasteiger partial charge in [0.05, 0.1) is 24.2 Å². The van der Waals surface area contributed by atoms with E-state index < -0.39 is 29.4 Å². The molecule has 0 unspecified atom stereocenters. The van der Waals surface area contributed by atoms with Crippen LogP contribution in [0.15, 0.2) is 30.3 Å². The molecule has 37 heavy (non-hydrogen) atoms. The first kappa shape index (κ1) is 27.6. The topological polar surface area (TPSA) is 186 Å². The highest BCUT2D eigenvalue weighted by molar-refractivity contribution is 6.31. The maximum absolute atomic E-state index is 13.6. The van der Waals surface area contributed by atoms with E-state index in [2.05, 4.69) is 5.32 Å². The third-order valence-corrected chi connectivity index (χ3v) is 5.26. The van der Waals surface area contributed by atoms with Crippen LogP contribution in [-0.4, -0.2) is 74.8 Å². The van der Waals surface area contributed by atoms with Crippen molar-refractivity contribution < 1.29 is 42.9 Å². The summed E-state index contributed by atoms with van der Waals surface area (Å²) in [7, 11) is 0. The average molecular weight is 534 g/mol. The van der Waals surface area contributed by atoms with Crippen molar-refractivity contribution in [3.8, 4) is 11.5 Å². The summed E-state index contributed by atoms with van der Waals surface area (Å²) in [5.74, 6) is -3.13. The van der Waals surface area contributed by atoms with E-state index in [1.807, 2.05) is 0 Å². The van der Waals surface area contributed by atoms with Crippen LogP contribution in [0.3, 0.4) is 0 Å². The van der Waals surface area contributed by atoms with Crippen molar-refractivity contribution >= 4 is 46.7 Å². The Balaban J connectivity index is 1.95. The lowest BCUT2D eigenvalue weighted by Crippen LogP contribution is -2.25. The minimum Gasteiger partial charge on any atom is -0.489 e. The Morgan fingerprint density at radius 3 is 1.97 bits per heavy atom. The van der Waals surface area contributed by atoms with Crippen LogP contribution in [0, 0.1) is 0 Å². The lowest BCUT2D eigenvalue weighted by molar-refractivity contribution is -0.143. The summed E-state index contributed by atoms with van der Waals surface area (Å²) in [5.41, 5.74) is 10.6. The summed E-state index contributed by atoms with van der Waals surface area (Å²) in [6.45, 7) is -1.13. The predicted octanol–water partition coefficient (Wildman–Crippen LogP) is 0.401. The molecule has 13 heteroatoms. The molecule has 1 aliphatic carbocycles. The smallest absolute Gasteiger partial charge is 0.319 e. The van der Waals surface area contributed by atoms with E-state index >= 15 is 0 Å². The Morgan fingerprint density at radius 2 is 1.38 bits per heavy atom. The molecule has 0 spiro atoms. The number of nitrogens with two attached hydrogens (primary N) is 2. The average Bonchev–Trinajstić information content (AvgIpc) is 2.91. The molecule has 0 aliphatic heterocycles. The van der Waals surface area contributed by atoms with Gasteiger partial charge < -0.3 is 35.7 Å². The maximum atomic E-state index is 13.6. The van der Waals surface area contributed by atoms with Gasteiger partial charge in [-0.3, -0.25) is 24.0 Å². The summed E-state index contributed by atoms with van der Waals surface area (Å²) >= 11 is 5.57. The number of carbonyl (C=O) groups excluding carboxylic acids is 5. The fourth-order valence-electron chi connectivity index (χ4n) is 3.49. The largest absolute Gasteiger partial charge is 0.489 e. The van der Waals surface area contributed by atoms with Gasteiger partial charge in [-0.1, -0.05) is 12.1 Å². The Morgan fingerprint density at radius 1 is 0.784 bits per heavy atom. The van der Waals surface area contributed by atoms with Crippen molar-refractivity contribution in [3.63, 3.8) is 0 Å². The molecule has 0 saturated carbocycles. The van der Waals surface area contributed by atoms with Crippen LogP contribution in [0.5, 0.6) is 11.5 Å². The van der Waals surface area contributed by atoms with Crippen molar-refractivity contribution in [3.05, 3.63) is 52.6 Å². The minimum atomic E-state index is -0.645. The lowest BCUT2D eigenvalue weighted by atomic mass is 9.82. The van der Waals surface area contributed by atoms with E-state index in [0.29, 0.717) is 0 Å². The molecule has 0 radical (unpaired) electrons. The van der Waals surface area contributed by atoms with Crippen molar-refractivity contribution in [2.75, 3.05) is 50.7 Å². The van der Waals surface area contributed by atoms with Gasteiger partial charge in [-0.15, -0.1) is 11.6 Å². The molecule has 3 rings (SSSR count). The van der Waals surface area contributed by atoms with Crippen LogP contribution < -0.4 is 26.3 Å². The van der Waals surface area contributed by atoms with Gasteiger partial charge in [0.2, 0.25) is 11.7 Å². The zero-order chi connectivity index (χ0) is 26.9. The fourth-order valence-corrected chi connectivity index (χ4v) is 3.55. The molecular formula is C24H24ClN3O9. The first-order valence-electron chi connectivity index (χ1n) is 11.0. The van der Waals surface area contributed by atoms with Crippen LogP contribution in [0.4, 0.5) is 5.69 Å². The number of hydrogen-bond donors (Lipinski definition) is 3. The quantitative estimate of drug-likeness (QED) is 0.166. The summed E-state index contributed by atoms with van der Waals surface area (Å²) in [5, 5.41) is 2.53. The molecule has 0 aromatic heterocycles. The number of alkyl halides is 1. The van der Waals surface area contributed by atoms with Crippen LogP contribution in [0.25, 0.3) is 0 Å². The van der Waals surface area contributed by atoms with Crippen molar-refractivity contribution in [1.82, 2.24) is 0 Å². The molecular weight excluding hydrogens is 510 g/mol. The normalized spacial score (nSPS) is 11.8. The maximum Gasteiger partial charge on any atom is 0.319 e. The number of nitrogens with one attached hydrogen (secondary N) is 1. The summed E-state index contributed by atoms with van der Waals surface area (Å²) in [6.07, 6.45) is 0. The molecule has 2 aromatic carbocycles. The summed E-state index contributed by atoms with van der Waals surface area (Å²) in [6, 6.07) is 7.22. The van der Waals surface area contributed by atoms with Crippen molar-refractivity contribution in [1.29, 1.82) is 0 Å². The zero-order valence-electron chi connectivity index (χ0n) is 19.5. The number of amides is 1. The van der Waals surface area contributed by atoms with E-state index in [1.54, 1.807) is 6.07 Å². The molecule has 0 saturated heterocycles. The number of carbonyl (C=O) groups is 5. The van der Waals surface area contributed by atoms with Gasteiger partial charge in [-0.05, 0) is 12.1 Å². The molecule has 0 heterocycles. The number of anilines is 1. The SMILES string of the molecule is NCC(=O)OCCOc1cccc2c1C(=O)c1c(OCCOC(=O)CN)cc(NC(=O)CCl)cc1C2=O. The van der Waals surface area contributed by atoms with Gasteiger partial charge in [0, 0.05) is 22.9 Å². The van der Waals surface area contributed by atoms with E-state index in [-0.39, 0.29) is 84.8 Å². The highest BCUT2D eigenvalue weighted by Crippen LogP contribution is 2.39. The highest BCUT2D eigenvalue weighted by Gasteiger charge is 2.35. The molecule has 0 bridgehead atoms. The van der Waals surface area contributed by atoms with Gasteiger partial charge in [0.25, 0.3) is 0 Å². The molecule has 5 N–H and O–H groups in total. The first-order valence-corrected chi connectivity index (χ1v) is 11.6. The molecule has 1 amide bonds. The number of rotatable bonds is 12. The number of fused-ring (bicyclic) bond motifs is 2. The molecule has 2 aromatic rings. The first-order chi connectivity index (χ1) is 17.8.